The van der Waals surface area contributed by atoms with E-state index in [9.17, 15) is 0 Å². The summed E-state index contributed by atoms with van der Waals surface area (Å²) in [6, 6.07) is 6.44. The Labute approximate surface area is 110 Å². The van der Waals surface area contributed by atoms with Crippen molar-refractivity contribution in [1.29, 1.82) is 0 Å². The van der Waals surface area contributed by atoms with Crippen molar-refractivity contribution in [1.82, 2.24) is 4.90 Å². The first-order chi connectivity index (χ1) is 8.10. The van der Waals surface area contributed by atoms with Crippen LogP contribution in [0.5, 0.6) is 0 Å². The second-order valence-electron chi connectivity index (χ2n) is 5.10. The molecule has 17 heavy (non-hydrogen) atoms. The van der Waals surface area contributed by atoms with Crippen molar-refractivity contribution in [2.45, 2.75) is 24.8 Å². The van der Waals surface area contributed by atoms with Gasteiger partial charge in [-0.15, -0.1) is 0 Å². The number of rotatable bonds is 0. The van der Waals surface area contributed by atoms with Crippen LogP contribution in [0.2, 0.25) is 0 Å². The molecule has 0 bridgehead atoms. The predicted molar refractivity (Wildman–Crippen MR) is 73.2 cm³/mol. The van der Waals surface area contributed by atoms with E-state index in [-0.39, 0.29) is 5.54 Å². The second kappa shape index (κ2) is 3.73. The Morgan fingerprint density at radius 2 is 2.29 bits per heavy atom. The zero-order valence-corrected chi connectivity index (χ0v) is 11.5. The standard InChI is InChI=1S/C13H16BrN3/c1-17-8-13(16-12(17)15)6-5-10-9(7-13)3-2-4-11(10)14/h2-4H,5-8H2,1H3,(H2,15,16). The summed E-state index contributed by atoms with van der Waals surface area (Å²) >= 11 is 3.63. The highest BCUT2D eigenvalue weighted by Gasteiger charge is 2.40. The first-order valence-electron chi connectivity index (χ1n) is 5.92. The van der Waals surface area contributed by atoms with E-state index in [1.54, 1.807) is 0 Å². The molecule has 0 aromatic heterocycles. The van der Waals surface area contributed by atoms with Crippen LogP contribution in [0.15, 0.2) is 27.7 Å². The van der Waals surface area contributed by atoms with Crippen molar-refractivity contribution in [3.63, 3.8) is 0 Å². The van der Waals surface area contributed by atoms with Crippen molar-refractivity contribution in [2.75, 3.05) is 13.6 Å². The summed E-state index contributed by atoms with van der Waals surface area (Å²) in [4.78, 5) is 6.75. The van der Waals surface area contributed by atoms with E-state index in [0.717, 1.165) is 25.8 Å². The summed E-state index contributed by atoms with van der Waals surface area (Å²) in [7, 11) is 2.02. The van der Waals surface area contributed by atoms with Crippen LogP contribution < -0.4 is 5.73 Å². The van der Waals surface area contributed by atoms with Crippen molar-refractivity contribution in [3.8, 4) is 0 Å². The number of aliphatic imine (C=N–C) groups is 1. The molecule has 0 amide bonds. The highest BCUT2D eigenvalue weighted by molar-refractivity contribution is 9.10. The number of hydrogen-bond donors (Lipinski definition) is 1. The lowest BCUT2D eigenvalue weighted by Crippen LogP contribution is -2.39. The number of hydrogen-bond acceptors (Lipinski definition) is 3. The SMILES string of the molecule is CN1CC2(CCc3c(Br)cccc3C2)N=C1N. The molecule has 4 heteroatoms. The number of guanidine groups is 1. The fourth-order valence-corrected chi connectivity index (χ4v) is 3.57. The third-order valence-corrected chi connectivity index (χ3v) is 4.59. The van der Waals surface area contributed by atoms with Gasteiger partial charge in [-0.1, -0.05) is 28.1 Å². The third kappa shape index (κ3) is 1.75. The summed E-state index contributed by atoms with van der Waals surface area (Å²) in [6.45, 7) is 0.949. The van der Waals surface area contributed by atoms with E-state index in [4.69, 9.17) is 10.7 Å². The molecule has 2 aliphatic rings. The van der Waals surface area contributed by atoms with Crippen LogP contribution in [-0.2, 0) is 12.8 Å². The highest BCUT2D eigenvalue weighted by Crippen LogP contribution is 2.37. The van der Waals surface area contributed by atoms with Gasteiger partial charge >= 0.3 is 0 Å². The quantitative estimate of drug-likeness (QED) is 0.794. The molecule has 1 aliphatic heterocycles. The predicted octanol–water partition coefficient (Wildman–Crippen LogP) is 1.94. The lowest BCUT2D eigenvalue weighted by Gasteiger charge is -2.32. The van der Waals surface area contributed by atoms with Crippen LogP contribution in [-0.4, -0.2) is 30.0 Å². The molecule has 3 nitrogen and oxygen atoms in total. The topological polar surface area (TPSA) is 41.6 Å². The van der Waals surface area contributed by atoms with Gasteiger partial charge < -0.3 is 10.6 Å². The van der Waals surface area contributed by atoms with E-state index in [2.05, 4.69) is 39.0 Å². The number of nitrogens with zero attached hydrogens (tertiary/aromatic N) is 2. The smallest absolute Gasteiger partial charge is 0.191 e. The van der Waals surface area contributed by atoms with Crippen molar-refractivity contribution < 1.29 is 0 Å². The molecule has 1 aromatic carbocycles. The Kier molecular flexibility index (Phi) is 2.43. The minimum absolute atomic E-state index is 0.0205. The number of fused-ring (bicyclic) bond motifs is 1. The van der Waals surface area contributed by atoms with Crippen molar-refractivity contribution >= 4 is 21.9 Å². The van der Waals surface area contributed by atoms with E-state index in [0.29, 0.717) is 5.96 Å². The monoisotopic (exact) mass is 293 g/mol. The summed E-state index contributed by atoms with van der Waals surface area (Å²) < 4.78 is 1.23. The van der Waals surface area contributed by atoms with Gasteiger partial charge in [0.1, 0.15) is 0 Å². The van der Waals surface area contributed by atoms with Gasteiger partial charge in [-0.25, -0.2) is 4.99 Å². The lowest BCUT2D eigenvalue weighted by molar-refractivity contribution is 0.334. The fraction of sp³-hybridized carbons (Fsp3) is 0.462. The zero-order valence-electron chi connectivity index (χ0n) is 9.91. The molecular formula is C13H16BrN3. The average Bonchev–Trinajstić information content (AvgIpc) is 2.54. The highest BCUT2D eigenvalue weighted by atomic mass is 79.9. The van der Waals surface area contributed by atoms with Crippen molar-refractivity contribution in [2.24, 2.45) is 10.7 Å². The first kappa shape index (κ1) is 11.1. The molecule has 1 spiro atoms. The van der Waals surface area contributed by atoms with Crippen molar-refractivity contribution in [3.05, 3.63) is 33.8 Å². The van der Waals surface area contributed by atoms with Gasteiger partial charge in [0.2, 0.25) is 0 Å². The van der Waals surface area contributed by atoms with Gasteiger partial charge in [0.25, 0.3) is 0 Å². The molecule has 1 heterocycles. The molecule has 90 valence electrons. The van der Waals surface area contributed by atoms with Gasteiger partial charge in [0, 0.05) is 18.1 Å². The maximum atomic E-state index is 5.90. The normalized spacial score (nSPS) is 27.2. The lowest BCUT2D eigenvalue weighted by atomic mass is 9.78. The molecule has 1 aliphatic carbocycles. The maximum Gasteiger partial charge on any atom is 0.191 e. The maximum absolute atomic E-state index is 5.90. The van der Waals surface area contributed by atoms with Crippen LogP contribution in [0.3, 0.4) is 0 Å². The van der Waals surface area contributed by atoms with Gasteiger partial charge in [-0.05, 0) is 36.5 Å². The van der Waals surface area contributed by atoms with Gasteiger partial charge in [0.15, 0.2) is 5.96 Å². The zero-order chi connectivity index (χ0) is 12.0. The van der Waals surface area contributed by atoms with Gasteiger partial charge in [-0.3, -0.25) is 0 Å². The number of nitrogens with two attached hydrogens (primary N) is 1. The number of likely N-dealkylation sites (N-methyl/N-ethyl adjacent to an activating group) is 1. The Morgan fingerprint density at radius 1 is 1.47 bits per heavy atom. The van der Waals surface area contributed by atoms with Crippen LogP contribution >= 0.6 is 15.9 Å². The van der Waals surface area contributed by atoms with E-state index in [1.807, 2.05) is 7.05 Å². The number of benzene rings is 1. The van der Waals surface area contributed by atoms with Crippen LogP contribution in [0, 0.1) is 0 Å². The molecule has 1 atom stereocenters. The minimum Gasteiger partial charge on any atom is -0.370 e. The molecular weight excluding hydrogens is 278 g/mol. The fourth-order valence-electron chi connectivity index (χ4n) is 2.97. The molecule has 1 unspecified atom stereocenters. The molecule has 0 saturated heterocycles. The second-order valence-corrected chi connectivity index (χ2v) is 5.96. The van der Waals surface area contributed by atoms with Crippen LogP contribution in [0.1, 0.15) is 17.5 Å². The molecule has 0 saturated carbocycles. The molecule has 0 fully saturated rings. The average molecular weight is 294 g/mol. The third-order valence-electron chi connectivity index (χ3n) is 3.85. The van der Waals surface area contributed by atoms with Crippen LogP contribution in [0.25, 0.3) is 0 Å². The number of halogens is 1. The Balaban J connectivity index is 1.97. The Hall–Kier alpha value is -1.03. The minimum atomic E-state index is 0.0205. The molecule has 0 radical (unpaired) electrons. The largest absolute Gasteiger partial charge is 0.370 e. The van der Waals surface area contributed by atoms with Gasteiger partial charge in [-0.2, -0.15) is 0 Å². The molecule has 2 N–H and O–H groups in total. The Morgan fingerprint density at radius 3 is 3.00 bits per heavy atom. The summed E-state index contributed by atoms with van der Waals surface area (Å²) in [5.41, 5.74) is 8.78. The summed E-state index contributed by atoms with van der Waals surface area (Å²) in [5.74, 6) is 0.684. The Bertz CT molecular complexity index is 497. The van der Waals surface area contributed by atoms with E-state index < -0.39 is 0 Å². The summed E-state index contributed by atoms with van der Waals surface area (Å²) in [6.07, 6.45) is 3.18. The van der Waals surface area contributed by atoms with Gasteiger partial charge in [0.05, 0.1) is 5.54 Å². The molecule has 3 rings (SSSR count). The van der Waals surface area contributed by atoms with E-state index in [1.165, 1.54) is 15.6 Å². The van der Waals surface area contributed by atoms with E-state index >= 15 is 0 Å². The first-order valence-corrected chi connectivity index (χ1v) is 6.72. The van der Waals surface area contributed by atoms with Crippen LogP contribution in [0.4, 0.5) is 0 Å². The molecule has 1 aromatic rings. The summed E-state index contributed by atoms with van der Waals surface area (Å²) in [5, 5.41) is 0.